The monoisotopic (exact) mass is 367 g/mol. The Labute approximate surface area is 157 Å². The molecule has 5 nitrogen and oxygen atoms in total. The van der Waals surface area contributed by atoms with Gasteiger partial charge in [-0.05, 0) is 41.5 Å². The van der Waals surface area contributed by atoms with Crippen molar-refractivity contribution >= 4 is 23.6 Å². The van der Waals surface area contributed by atoms with Crippen LogP contribution in [0.15, 0.2) is 71.8 Å². The maximum Gasteiger partial charge on any atom is 0.161 e. The molecule has 0 saturated heterocycles. The van der Waals surface area contributed by atoms with Crippen LogP contribution in [0.25, 0.3) is 0 Å². The highest BCUT2D eigenvalue weighted by molar-refractivity contribution is 6.29. The van der Waals surface area contributed by atoms with Crippen molar-refractivity contribution in [2.45, 2.75) is 6.61 Å². The first-order valence-corrected chi connectivity index (χ1v) is 8.39. The van der Waals surface area contributed by atoms with Crippen molar-refractivity contribution in [3.63, 3.8) is 0 Å². The minimum absolute atomic E-state index is 0.409. The van der Waals surface area contributed by atoms with Crippen LogP contribution in [0, 0.1) is 0 Å². The van der Waals surface area contributed by atoms with Gasteiger partial charge in [0.05, 0.1) is 13.3 Å². The molecule has 3 aromatic rings. The van der Waals surface area contributed by atoms with E-state index in [1.54, 1.807) is 31.5 Å². The van der Waals surface area contributed by atoms with E-state index in [0.717, 1.165) is 11.1 Å². The second kappa shape index (κ2) is 8.87. The summed E-state index contributed by atoms with van der Waals surface area (Å²) in [4.78, 5) is 4.10. The van der Waals surface area contributed by atoms with Gasteiger partial charge in [-0.1, -0.05) is 48.0 Å². The summed E-state index contributed by atoms with van der Waals surface area (Å²) < 4.78 is 11.3. The molecule has 132 valence electrons. The lowest BCUT2D eigenvalue weighted by molar-refractivity contribution is 0.284. The molecular formula is C20H18ClN3O2. The highest BCUT2D eigenvalue weighted by Crippen LogP contribution is 2.28. The highest BCUT2D eigenvalue weighted by Gasteiger charge is 2.05. The molecule has 0 bridgehead atoms. The smallest absolute Gasteiger partial charge is 0.161 e. The molecule has 0 radical (unpaired) electrons. The average Bonchev–Trinajstić information content (AvgIpc) is 2.67. The number of hydrazone groups is 1. The molecule has 0 amide bonds. The summed E-state index contributed by atoms with van der Waals surface area (Å²) in [6.07, 6.45) is 1.67. The molecule has 2 aromatic carbocycles. The number of nitrogens with zero attached hydrogens (tertiary/aromatic N) is 2. The zero-order chi connectivity index (χ0) is 18.2. The maximum atomic E-state index is 5.85. The van der Waals surface area contributed by atoms with Gasteiger partial charge in [0.25, 0.3) is 0 Å². The van der Waals surface area contributed by atoms with E-state index in [4.69, 9.17) is 21.1 Å². The number of anilines is 1. The lowest BCUT2D eigenvalue weighted by Gasteiger charge is -2.11. The third kappa shape index (κ3) is 4.97. The highest BCUT2D eigenvalue weighted by atomic mass is 35.5. The van der Waals surface area contributed by atoms with E-state index in [-0.39, 0.29) is 0 Å². The number of methoxy groups -OCH3 is 1. The lowest BCUT2D eigenvalue weighted by atomic mass is 10.2. The zero-order valence-corrected chi connectivity index (χ0v) is 15.0. The van der Waals surface area contributed by atoms with E-state index < -0.39 is 0 Å². The van der Waals surface area contributed by atoms with Crippen LogP contribution in [-0.4, -0.2) is 18.3 Å². The van der Waals surface area contributed by atoms with Gasteiger partial charge in [0.1, 0.15) is 17.6 Å². The summed E-state index contributed by atoms with van der Waals surface area (Å²) in [7, 11) is 1.61. The molecule has 1 N–H and O–H groups in total. The van der Waals surface area contributed by atoms with Crippen molar-refractivity contribution < 1.29 is 9.47 Å². The minimum Gasteiger partial charge on any atom is -0.493 e. The molecule has 0 fully saturated rings. The molecule has 0 atom stereocenters. The van der Waals surface area contributed by atoms with Gasteiger partial charge in [-0.15, -0.1) is 0 Å². The molecule has 3 rings (SSSR count). The number of hydrogen-bond acceptors (Lipinski definition) is 5. The van der Waals surface area contributed by atoms with Gasteiger partial charge in [-0.25, -0.2) is 4.98 Å². The second-order valence-electron chi connectivity index (χ2n) is 5.40. The van der Waals surface area contributed by atoms with Gasteiger partial charge in [-0.2, -0.15) is 5.10 Å². The molecule has 26 heavy (non-hydrogen) atoms. The van der Waals surface area contributed by atoms with Crippen molar-refractivity contribution in [1.29, 1.82) is 0 Å². The van der Waals surface area contributed by atoms with Crippen molar-refractivity contribution in [3.8, 4) is 11.5 Å². The van der Waals surface area contributed by atoms with Crippen LogP contribution in [0.1, 0.15) is 11.1 Å². The predicted molar refractivity (Wildman–Crippen MR) is 104 cm³/mol. The third-order valence-electron chi connectivity index (χ3n) is 3.53. The molecule has 1 heterocycles. The van der Waals surface area contributed by atoms with Gasteiger partial charge in [0, 0.05) is 0 Å². The van der Waals surface area contributed by atoms with E-state index in [2.05, 4.69) is 15.5 Å². The van der Waals surface area contributed by atoms with E-state index in [1.807, 2.05) is 48.5 Å². The first-order valence-electron chi connectivity index (χ1n) is 8.01. The van der Waals surface area contributed by atoms with Crippen molar-refractivity contribution in [2.24, 2.45) is 5.10 Å². The van der Waals surface area contributed by atoms with Gasteiger partial charge in [0.15, 0.2) is 11.5 Å². The van der Waals surface area contributed by atoms with E-state index in [0.29, 0.717) is 29.1 Å². The number of nitrogens with one attached hydrogen (secondary N) is 1. The quantitative estimate of drug-likeness (QED) is 0.371. The van der Waals surface area contributed by atoms with Crippen LogP contribution < -0.4 is 14.9 Å². The molecule has 0 aliphatic carbocycles. The summed E-state index contributed by atoms with van der Waals surface area (Å²) in [5.74, 6) is 1.90. The van der Waals surface area contributed by atoms with Crippen LogP contribution in [0.5, 0.6) is 11.5 Å². The average molecular weight is 368 g/mol. The predicted octanol–water partition coefficient (Wildman–Crippen LogP) is 4.77. The fraction of sp³-hybridized carbons (Fsp3) is 0.100. The van der Waals surface area contributed by atoms with Crippen molar-refractivity contribution in [2.75, 3.05) is 12.5 Å². The molecule has 6 heteroatoms. The number of ether oxygens (including phenoxy) is 2. The number of aromatic nitrogens is 1. The van der Waals surface area contributed by atoms with E-state index in [1.165, 1.54) is 0 Å². The summed E-state index contributed by atoms with van der Waals surface area (Å²) in [6, 6.07) is 20.9. The fourth-order valence-corrected chi connectivity index (χ4v) is 2.43. The first-order chi connectivity index (χ1) is 12.7. The SMILES string of the molecule is COc1cc(/C=N/Nc2cccc(Cl)n2)ccc1OCc1ccccc1. The Morgan fingerprint density at radius 3 is 2.65 bits per heavy atom. The van der Waals surface area contributed by atoms with Crippen LogP contribution in [0.3, 0.4) is 0 Å². The third-order valence-corrected chi connectivity index (χ3v) is 3.74. The molecular weight excluding hydrogens is 350 g/mol. The molecule has 0 aliphatic heterocycles. The lowest BCUT2D eigenvalue weighted by Crippen LogP contribution is -1.98. The van der Waals surface area contributed by atoms with Crippen molar-refractivity contribution in [3.05, 3.63) is 83.0 Å². The van der Waals surface area contributed by atoms with Crippen LogP contribution >= 0.6 is 11.6 Å². The van der Waals surface area contributed by atoms with Crippen LogP contribution in [-0.2, 0) is 6.61 Å². The summed E-state index contributed by atoms with van der Waals surface area (Å²) in [5.41, 5.74) is 4.79. The molecule has 0 aliphatic rings. The molecule has 0 spiro atoms. The number of rotatable bonds is 7. The van der Waals surface area contributed by atoms with Crippen LogP contribution in [0.4, 0.5) is 5.82 Å². The van der Waals surface area contributed by atoms with E-state index in [9.17, 15) is 0 Å². The Morgan fingerprint density at radius 2 is 1.88 bits per heavy atom. The van der Waals surface area contributed by atoms with Crippen LogP contribution in [0.2, 0.25) is 5.15 Å². The number of halogens is 1. The maximum absolute atomic E-state index is 5.85. The Morgan fingerprint density at radius 1 is 1.04 bits per heavy atom. The number of pyridine rings is 1. The largest absolute Gasteiger partial charge is 0.493 e. The van der Waals surface area contributed by atoms with E-state index >= 15 is 0 Å². The Hall–Kier alpha value is -3.05. The normalized spacial score (nSPS) is 10.7. The Bertz CT molecular complexity index is 885. The van der Waals surface area contributed by atoms with Gasteiger partial charge < -0.3 is 9.47 Å². The standard InChI is InChI=1S/C20H18ClN3O2/c1-25-18-12-16(13-22-24-20-9-5-8-19(21)23-20)10-11-17(18)26-14-15-6-3-2-4-7-15/h2-13H,14H2,1H3,(H,23,24)/b22-13+. The Kier molecular flexibility index (Phi) is 6.06. The van der Waals surface area contributed by atoms with Crippen molar-refractivity contribution in [1.82, 2.24) is 4.98 Å². The second-order valence-corrected chi connectivity index (χ2v) is 5.79. The summed E-state index contributed by atoms with van der Waals surface area (Å²) >= 11 is 5.84. The number of hydrogen-bond donors (Lipinski definition) is 1. The number of benzene rings is 2. The van der Waals surface area contributed by atoms with Gasteiger partial charge in [-0.3, -0.25) is 5.43 Å². The Balaban J connectivity index is 1.65. The molecule has 1 aromatic heterocycles. The molecule has 0 saturated carbocycles. The topological polar surface area (TPSA) is 55.7 Å². The molecule has 0 unspecified atom stereocenters. The van der Waals surface area contributed by atoms with Gasteiger partial charge in [0.2, 0.25) is 0 Å². The summed E-state index contributed by atoms with van der Waals surface area (Å²) in [6.45, 7) is 0.479. The van der Waals surface area contributed by atoms with Gasteiger partial charge >= 0.3 is 0 Å². The minimum atomic E-state index is 0.409. The first kappa shape index (κ1) is 17.8. The zero-order valence-electron chi connectivity index (χ0n) is 14.2. The fourth-order valence-electron chi connectivity index (χ4n) is 2.26. The summed E-state index contributed by atoms with van der Waals surface area (Å²) in [5, 5.41) is 4.57.